The number of hydrogen-bond donors (Lipinski definition) is 2. The number of hydrogen-bond acceptors (Lipinski definition) is 5. The van der Waals surface area contributed by atoms with Crippen molar-refractivity contribution >= 4 is 21.7 Å². The first-order chi connectivity index (χ1) is 9.42. The number of aryl methyl sites for hydroxylation is 2. The smallest absolute Gasteiger partial charge is 0.266 e. The SMILES string of the molecule is CNc1ncccc1S(=O)(=O)Nc1cc(C)cc(C)n1. The number of pyridine rings is 2. The maximum atomic E-state index is 12.4. The number of anilines is 2. The van der Waals surface area contributed by atoms with Crippen molar-refractivity contribution in [2.45, 2.75) is 18.7 Å². The highest BCUT2D eigenvalue weighted by Crippen LogP contribution is 2.21. The molecule has 0 spiro atoms. The van der Waals surface area contributed by atoms with Gasteiger partial charge in [0.05, 0.1) is 0 Å². The number of nitrogens with zero attached hydrogens (tertiary/aromatic N) is 2. The number of aromatic nitrogens is 2. The first kappa shape index (κ1) is 14.3. The lowest BCUT2D eigenvalue weighted by Gasteiger charge is -2.11. The third kappa shape index (κ3) is 3.05. The maximum Gasteiger partial charge on any atom is 0.266 e. The molecule has 2 aromatic heterocycles. The van der Waals surface area contributed by atoms with Crippen LogP contribution in [0.15, 0.2) is 35.4 Å². The molecule has 0 atom stereocenters. The zero-order valence-corrected chi connectivity index (χ0v) is 12.3. The van der Waals surface area contributed by atoms with Gasteiger partial charge in [0.25, 0.3) is 10.0 Å². The highest BCUT2D eigenvalue weighted by molar-refractivity contribution is 7.92. The molecule has 0 saturated carbocycles. The molecular weight excluding hydrogens is 276 g/mol. The van der Waals surface area contributed by atoms with E-state index in [2.05, 4.69) is 20.0 Å². The molecule has 0 unspecified atom stereocenters. The van der Waals surface area contributed by atoms with Crippen LogP contribution in [-0.4, -0.2) is 25.4 Å². The van der Waals surface area contributed by atoms with Crippen molar-refractivity contribution in [1.29, 1.82) is 0 Å². The van der Waals surface area contributed by atoms with Crippen LogP contribution >= 0.6 is 0 Å². The molecule has 7 heteroatoms. The van der Waals surface area contributed by atoms with E-state index in [1.165, 1.54) is 12.3 Å². The fourth-order valence-corrected chi connectivity index (χ4v) is 3.04. The summed E-state index contributed by atoms with van der Waals surface area (Å²) in [5.74, 6) is 0.595. The molecule has 2 rings (SSSR count). The van der Waals surface area contributed by atoms with Crippen LogP contribution in [0.1, 0.15) is 11.3 Å². The van der Waals surface area contributed by atoms with E-state index in [0.717, 1.165) is 11.3 Å². The lowest BCUT2D eigenvalue weighted by atomic mass is 10.2. The fraction of sp³-hybridized carbons (Fsp3) is 0.231. The third-order valence-electron chi connectivity index (χ3n) is 2.63. The van der Waals surface area contributed by atoms with E-state index in [1.807, 2.05) is 19.9 Å². The lowest BCUT2D eigenvalue weighted by molar-refractivity contribution is 0.601. The summed E-state index contributed by atoms with van der Waals surface area (Å²) >= 11 is 0. The first-order valence-electron chi connectivity index (χ1n) is 6.03. The zero-order valence-electron chi connectivity index (χ0n) is 11.5. The van der Waals surface area contributed by atoms with Crippen LogP contribution in [0.2, 0.25) is 0 Å². The van der Waals surface area contributed by atoms with E-state index in [4.69, 9.17) is 0 Å². The minimum Gasteiger partial charge on any atom is -0.372 e. The minimum absolute atomic E-state index is 0.0865. The monoisotopic (exact) mass is 292 g/mol. The molecule has 2 N–H and O–H groups in total. The molecule has 106 valence electrons. The second-order valence-electron chi connectivity index (χ2n) is 4.38. The fourth-order valence-electron chi connectivity index (χ4n) is 1.88. The van der Waals surface area contributed by atoms with E-state index < -0.39 is 10.0 Å². The molecule has 6 nitrogen and oxygen atoms in total. The summed E-state index contributed by atoms with van der Waals surface area (Å²) in [5.41, 5.74) is 1.69. The second-order valence-corrected chi connectivity index (χ2v) is 6.03. The van der Waals surface area contributed by atoms with E-state index in [9.17, 15) is 8.42 Å². The Morgan fingerprint density at radius 3 is 2.60 bits per heavy atom. The standard InChI is InChI=1S/C13H16N4O2S/c1-9-7-10(2)16-12(8-9)17-20(18,19)11-5-4-6-15-13(11)14-3/h4-8H,1-3H3,(H,14,15)(H,16,17). The molecule has 0 aliphatic heterocycles. The number of sulfonamides is 1. The molecule has 0 fully saturated rings. The van der Waals surface area contributed by atoms with Crippen molar-refractivity contribution in [3.05, 3.63) is 41.7 Å². The molecule has 0 bridgehead atoms. The molecule has 20 heavy (non-hydrogen) atoms. The van der Waals surface area contributed by atoms with Crippen LogP contribution in [0, 0.1) is 13.8 Å². The van der Waals surface area contributed by atoms with Crippen LogP contribution < -0.4 is 10.0 Å². The van der Waals surface area contributed by atoms with Gasteiger partial charge in [0.1, 0.15) is 16.5 Å². The Labute approximate surface area is 118 Å². The maximum absolute atomic E-state index is 12.4. The molecule has 0 aliphatic carbocycles. The third-order valence-corrected chi connectivity index (χ3v) is 4.02. The van der Waals surface area contributed by atoms with E-state index in [-0.39, 0.29) is 4.90 Å². The lowest BCUT2D eigenvalue weighted by Crippen LogP contribution is -2.16. The summed E-state index contributed by atoms with van der Waals surface area (Å²) < 4.78 is 27.2. The normalized spacial score (nSPS) is 11.2. The Balaban J connectivity index is 2.41. The van der Waals surface area contributed by atoms with Crippen LogP contribution in [0.25, 0.3) is 0 Å². The van der Waals surface area contributed by atoms with E-state index in [0.29, 0.717) is 11.6 Å². The van der Waals surface area contributed by atoms with Gasteiger partial charge in [-0.25, -0.2) is 18.4 Å². The Kier molecular flexibility index (Phi) is 3.89. The molecule has 0 radical (unpaired) electrons. The topological polar surface area (TPSA) is 84.0 Å². The Morgan fingerprint density at radius 2 is 1.95 bits per heavy atom. The van der Waals surface area contributed by atoms with Crippen LogP contribution in [0.3, 0.4) is 0 Å². The summed E-state index contributed by atoms with van der Waals surface area (Å²) in [5, 5.41) is 2.76. The summed E-state index contributed by atoms with van der Waals surface area (Å²) in [4.78, 5) is 8.25. The van der Waals surface area contributed by atoms with Gasteiger partial charge in [-0.3, -0.25) is 4.72 Å². The average molecular weight is 292 g/mol. The van der Waals surface area contributed by atoms with Crippen molar-refractivity contribution in [2.24, 2.45) is 0 Å². The van der Waals surface area contributed by atoms with Crippen molar-refractivity contribution < 1.29 is 8.42 Å². The largest absolute Gasteiger partial charge is 0.372 e. The summed E-state index contributed by atoms with van der Waals surface area (Å²) in [6.07, 6.45) is 1.53. The molecule has 0 aromatic carbocycles. The molecule has 0 amide bonds. The quantitative estimate of drug-likeness (QED) is 0.899. The predicted molar refractivity (Wildman–Crippen MR) is 78.3 cm³/mol. The van der Waals surface area contributed by atoms with Gasteiger partial charge in [-0.15, -0.1) is 0 Å². The summed E-state index contributed by atoms with van der Waals surface area (Å²) in [6, 6.07) is 6.62. The number of rotatable bonds is 4. The molecule has 2 aromatic rings. The van der Waals surface area contributed by atoms with E-state index in [1.54, 1.807) is 19.2 Å². The second kappa shape index (κ2) is 5.46. The van der Waals surface area contributed by atoms with Gasteiger partial charge in [-0.2, -0.15) is 0 Å². The van der Waals surface area contributed by atoms with Gasteiger partial charge in [-0.05, 0) is 43.7 Å². The Bertz CT molecular complexity index is 709. The number of nitrogens with one attached hydrogen (secondary N) is 2. The van der Waals surface area contributed by atoms with Gasteiger partial charge in [0.2, 0.25) is 0 Å². The van der Waals surface area contributed by atoms with Crippen molar-refractivity contribution in [1.82, 2.24) is 9.97 Å². The van der Waals surface area contributed by atoms with Crippen LogP contribution in [-0.2, 0) is 10.0 Å². The van der Waals surface area contributed by atoms with E-state index >= 15 is 0 Å². The first-order valence-corrected chi connectivity index (χ1v) is 7.51. The molecular formula is C13H16N4O2S. The average Bonchev–Trinajstić information content (AvgIpc) is 2.36. The Hall–Kier alpha value is -2.15. The van der Waals surface area contributed by atoms with Crippen molar-refractivity contribution in [2.75, 3.05) is 17.1 Å². The highest BCUT2D eigenvalue weighted by Gasteiger charge is 2.19. The molecule has 2 heterocycles. The molecule has 0 saturated heterocycles. The van der Waals surface area contributed by atoms with Gasteiger partial charge in [0.15, 0.2) is 0 Å². The van der Waals surface area contributed by atoms with Gasteiger partial charge < -0.3 is 5.32 Å². The summed E-state index contributed by atoms with van der Waals surface area (Å²) in [7, 11) is -2.11. The van der Waals surface area contributed by atoms with Crippen molar-refractivity contribution in [3.8, 4) is 0 Å². The van der Waals surface area contributed by atoms with Gasteiger partial charge >= 0.3 is 0 Å². The minimum atomic E-state index is -3.73. The van der Waals surface area contributed by atoms with Crippen LogP contribution in [0.4, 0.5) is 11.6 Å². The van der Waals surface area contributed by atoms with Gasteiger partial charge in [-0.1, -0.05) is 0 Å². The molecule has 0 aliphatic rings. The summed E-state index contributed by atoms with van der Waals surface area (Å²) in [6.45, 7) is 3.70. The van der Waals surface area contributed by atoms with Gasteiger partial charge in [0, 0.05) is 18.9 Å². The highest BCUT2D eigenvalue weighted by atomic mass is 32.2. The van der Waals surface area contributed by atoms with Crippen LogP contribution in [0.5, 0.6) is 0 Å². The Morgan fingerprint density at radius 1 is 1.20 bits per heavy atom. The zero-order chi connectivity index (χ0) is 14.8. The predicted octanol–water partition coefficient (Wildman–Crippen LogP) is 1.94. The van der Waals surface area contributed by atoms with Crippen molar-refractivity contribution in [3.63, 3.8) is 0 Å².